The van der Waals surface area contributed by atoms with Crippen LogP contribution in [-0.4, -0.2) is 19.7 Å². The maximum atomic E-state index is 13.1. The van der Waals surface area contributed by atoms with Crippen LogP contribution in [0.3, 0.4) is 0 Å². The lowest BCUT2D eigenvalue weighted by Crippen LogP contribution is -2.28. The van der Waals surface area contributed by atoms with E-state index in [4.69, 9.17) is 4.74 Å². The van der Waals surface area contributed by atoms with Crippen LogP contribution < -0.4 is 10.1 Å². The molecule has 1 saturated carbocycles. The maximum Gasteiger partial charge on any atom is 0.126 e. The van der Waals surface area contributed by atoms with E-state index in [0.717, 1.165) is 24.6 Å². The molecule has 1 aliphatic carbocycles. The molecule has 0 spiro atoms. The van der Waals surface area contributed by atoms with Gasteiger partial charge in [-0.3, -0.25) is 0 Å². The second-order valence-corrected chi connectivity index (χ2v) is 5.47. The van der Waals surface area contributed by atoms with Crippen molar-refractivity contribution in [3.8, 4) is 5.75 Å². The number of rotatable bonds is 6. The summed E-state index contributed by atoms with van der Waals surface area (Å²) >= 11 is 0. The zero-order chi connectivity index (χ0) is 13.5. The van der Waals surface area contributed by atoms with Crippen molar-refractivity contribution in [2.45, 2.75) is 39.0 Å². The molecule has 106 valence electrons. The first-order valence-electron chi connectivity index (χ1n) is 7.35. The fraction of sp³-hybridized carbons (Fsp3) is 0.625. The number of nitrogens with one attached hydrogen (secondary N) is 1. The van der Waals surface area contributed by atoms with E-state index in [9.17, 15) is 4.39 Å². The molecule has 1 aliphatic rings. The van der Waals surface area contributed by atoms with Gasteiger partial charge in [-0.1, -0.05) is 25.3 Å². The summed E-state index contributed by atoms with van der Waals surface area (Å²) in [5.74, 6) is 1.25. The maximum absolute atomic E-state index is 13.1. The summed E-state index contributed by atoms with van der Waals surface area (Å²) in [4.78, 5) is 0. The fourth-order valence-electron chi connectivity index (χ4n) is 2.66. The summed E-state index contributed by atoms with van der Waals surface area (Å²) < 4.78 is 18.7. The standard InChI is InChI=1S/C16H24FNO/c1-13-7-8-15(17)11-16(13)19-10-9-18-12-14-5-3-2-4-6-14/h7-8,11,14,18H,2-6,9-10,12H2,1H3. The predicted octanol–water partition coefficient (Wildman–Crippen LogP) is 3.68. The average Bonchev–Trinajstić information content (AvgIpc) is 2.43. The molecule has 0 unspecified atom stereocenters. The lowest BCUT2D eigenvalue weighted by Gasteiger charge is -2.21. The third-order valence-electron chi connectivity index (χ3n) is 3.84. The highest BCUT2D eigenvalue weighted by Crippen LogP contribution is 2.22. The van der Waals surface area contributed by atoms with Crippen LogP contribution >= 0.6 is 0 Å². The van der Waals surface area contributed by atoms with Crippen LogP contribution in [0.1, 0.15) is 37.7 Å². The van der Waals surface area contributed by atoms with Gasteiger partial charge in [0.1, 0.15) is 18.2 Å². The Hall–Kier alpha value is -1.09. The van der Waals surface area contributed by atoms with E-state index in [-0.39, 0.29) is 5.82 Å². The Bertz CT molecular complexity index is 388. The largest absolute Gasteiger partial charge is 0.492 e. The molecule has 19 heavy (non-hydrogen) atoms. The van der Waals surface area contributed by atoms with E-state index < -0.39 is 0 Å². The molecule has 3 heteroatoms. The molecular formula is C16H24FNO. The lowest BCUT2D eigenvalue weighted by atomic mass is 9.89. The van der Waals surface area contributed by atoms with Crippen molar-refractivity contribution in [2.24, 2.45) is 5.92 Å². The van der Waals surface area contributed by atoms with Crippen molar-refractivity contribution in [3.63, 3.8) is 0 Å². The van der Waals surface area contributed by atoms with Gasteiger partial charge in [-0.15, -0.1) is 0 Å². The number of ether oxygens (including phenoxy) is 1. The van der Waals surface area contributed by atoms with Gasteiger partial charge in [0.05, 0.1) is 0 Å². The zero-order valence-electron chi connectivity index (χ0n) is 11.8. The van der Waals surface area contributed by atoms with E-state index in [0.29, 0.717) is 12.4 Å². The monoisotopic (exact) mass is 265 g/mol. The highest BCUT2D eigenvalue weighted by Gasteiger charge is 2.12. The Morgan fingerprint density at radius 3 is 2.84 bits per heavy atom. The fourth-order valence-corrected chi connectivity index (χ4v) is 2.66. The van der Waals surface area contributed by atoms with Gasteiger partial charge < -0.3 is 10.1 Å². The van der Waals surface area contributed by atoms with Crippen LogP contribution in [-0.2, 0) is 0 Å². The molecule has 0 radical (unpaired) electrons. The molecular weight excluding hydrogens is 241 g/mol. The quantitative estimate of drug-likeness (QED) is 0.792. The number of hydrogen-bond acceptors (Lipinski definition) is 2. The highest BCUT2D eigenvalue weighted by atomic mass is 19.1. The summed E-state index contributed by atoms with van der Waals surface area (Å²) in [6.07, 6.45) is 6.88. The van der Waals surface area contributed by atoms with Gasteiger partial charge >= 0.3 is 0 Å². The zero-order valence-corrected chi connectivity index (χ0v) is 11.8. The molecule has 0 bridgehead atoms. The van der Waals surface area contributed by atoms with Crippen LogP contribution in [0.5, 0.6) is 5.75 Å². The van der Waals surface area contributed by atoms with Crippen molar-refractivity contribution < 1.29 is 9.13 Å². The van der Waals surface area contributed by atoms with Crippen molar-refractivity contribution in [3.05, 3.63) is 29.6 Å². The molecule has 0 heterocycles. The first-order chi connectivity index (χ1) is 9.25. The minimum absolute atomic E-state index is 0.240. The van der Waals surface area contributed by atoms with Crippen molar-refractivity contribution in [2.75, 3.05) is 19.7 Å². The average molecular weight is 265 g/mol. The van der Waals surface area contributed by atoms with Gasteiger partial charge in [0, 0.05) is 12.6 Å². The third-order valence-corrected chi connectivity index (χ3v) is 3.84. The van der Waals surface area contributed by atoms with Gasteiger partial charge in [0.2, 0.25) is 0 Å². The molecule has 0 aromatic heterocycles. The van der Waals surface area contributed by atoms with Crippen LogP contribution in [0.25, 0.3) is 0 Å². The Labute approximate surface area is 115 Å². The summed E-state index contributed by atoms with van der Waals surface area (Å²) in [6.45, 7) is 4.44. The number of hydrogen-bond donors (Lipinski definition) is 1. The Balaban J connectivity index is 1.62. The summed E-state index contributed by atoms with van der Waals surface area (Å²) in [5.41, 5.74) is 0.980. The van der Waals surface area contributed by atoms with Crippen LogP contribution in [0, 0.1) is 18.7 Å². The van der Waals surface area contributed by atoms with Crippen molar-refractivity contribution >= 4 is 0 Å². The SMILES string of the molecule is Cc1ccc(F)cc1OCCNCC1CCCCC1. The minimum Gasteiger partial charge on any atom is -0.492 e. The van der Waals surface area contributed by atoms with Crippen LogP contribution in [0.15, 0.2) is 18.2 Å². The van der Waals surface area contributed by atoms with E-state index in [1.807, 2.05) is 6.92 Å². The highest BCUT2D eigenvalue weighted by molar-refractivity contribution is 5.32. The smallest absolute Gasteiger partial charge is 0.126 e. The van der Waals surface area contributed by atoms with E-state index in [1.54, 1.807) is 6.07 Å². The number of aryl methyl sites for hydroxylation is 1. The molecule has 2 nitrogen and oxygen atoms in total. The van der Waals surface area contributed by atoms with E-state index in [1.165, 1.54) is 44.2 Å². The van der Waals surface area contributed by atoms with Gasteiger partial charge in [0.15, 0.2) is 0 Å². The summed E-state index contributed by atoms with van der Waals surface area (Å²) in [6, 6.07) is 4.67. The van der Waals surface area contributed by atoms with Crippen LogP contribution in [0.2, 0.25) is 0 Å². The van der Waals surface area contributed by atoms with Gasteiger partial charge in [-0.2, -0.15) is 0 Å². The third kappa shape index (κ3) is 4.83. The molecule has 0 saturated heterocycles. The lowest BCUT2D eigenvalue weighted by molar-refractivity contribution is 0.292. The van der Waals surface area contributed by atoms with Gasteiger partial charge in [0.25, 0.3) is 0 Å². The molecule has 1 N–H and O–H groups in total. The second-order valence-electron chi connectivity index (χ2n) is 5.47. The van der Waals surface area contributed by atoms with E-state index >= 15 is 0 Å². The Morgan fingerprint density at radius 2 is 2.05 bits per heavy atom. The molecule has 2 rings (SSSR count). The molecule has 1 aromatic carbocycles. The minimum atomic E-state index is -0.240. The molecule has 0 atom stereocenters. The second kappa shape index (κ2) is 7.49. The molecule has 0 aliphatic heterocycles. The Morgan fingerprint density at radius 1 is 1.26 bits per heavy atom. The molecule has 1 fully saturated rings. The predicted molar refractivity (Wildman–Crippen MR) is 76.1 cm³/mol. The molecule has 0 amide bonds. The first-order valence-corrected chi connectivity index (χ1v) is 7.35. The summed E-state index contributed by atoms with van der Waals surface area (Å²) in [7, 11) is 0. The van der Waals surface area contributed by atoms with E-state index in [2.05, 4.69) is 5.32 Å². The normalized spacial score (nSPS) is 16.5. The van der Waals surface area contributed by atoms with Crippen molar-refractivity contribution in [1.29, 1.82) is 0 Å². The number of halogens is 1. The van der Waals surface area contributed by atoms with Crippen molar-refractivity contribution in [1.82, 2.24) is 5.32 Å². The molecule has 1 aromatic rings. The van der Waals surface area contributed by atoms with Gasteiger partial charge in [-0.05, 0) is 43.9 Å². The van der Waals surface area contributed by atoms with Gasteiger partial charge in [-0.25, -0.2) is 4.39 Å². The number of benzene rings is 1. The summed E-state index contributed by atoms with van der Waals surface area (Å²) in [5, 5.41) is 3.44. The first kappa shape index (κ1) is 14.3. The Kier molecular flexibility index (Phi) is 5.64. The van der Waals surface area contributed by atoms with Crippen LogP contribution in [0.4, 0.5) is 4.39 Å². The topological polar surface area (TPSA) is 21.3 Å².